The van der Waals surface area contributed by atoms with Gasteiger partial charge in [0.25, 0.3) is 0 Å². The molecule has 0 fully saturated rings. The van der Waals surface area contributed by atoms with Crippen molar-refractivity contribution in [3.05, 3.63) is 46.7 Å². The molecular formula is C13H17BrN4O2S. The van der Waals surface area contributed by atoms with Crippen molar-refractivity contribution in [2.75, 3.05) is 13.6 Å². The summed E-state index contributed by atoms with van der Waals surface area (Å²) < 4.78 is 28.7. The van der Waals surface area contributed by atoms with E-state index in [4.69, 9.17) is 5.73 Å². The molecule has 6 nitrogen and oxygen atoms in total. The minimum Gasteiger partial charge on any atom is -0.329 e. The molecule has 0 amide bonds. The Balaban J connectivity index is 2.17. The van der Waals surface area contributed by atoms with E-state index in [0.29, 0.717) is 19.6 Å². The van der Waals surface area contributed by atoms with Gasteiger partial charge in [-0.15, -0.1) is 0 Å². The molecule has 0 aliphatic rings. The Hall–Kier alpha value is -1.22. The summed E-state index contributed by atoms with van der Waals surface area (Å²) in [6, 6.07) is 7.55. The number of nitrogens with two attached hydrogens (primary N) is 1. The molecule has 0 unspecified atom stereocenters. The van der Waals surface area contributed by atoms with Crippen molar-refractivity contribution < 1.29 is 8.42 Å². The van der Waals surface area contributed by atoms with Crippen LogP contribution in [0.15, 0.2) is 46.0 Å². The van der Waals surface area contributed by atoms with Crippen LogP contribution in [0.5, 0.6) is 0 Å². The molecule has 2 aromatic rings. The summed E-state index contributed by atoms with van der Waals surface area (Å²) in [5.41, 5.74) is 6.34. The number of nitrogens with zero attached hydrogens (tertiary/aromatic N) is 3. The molecule has 0 aliphatic heterocycles. The van der Waals surface area contributed by atoms with E-state index in [1.165, 1.54) is 21.4 Å². The highest BCUT2D eigenvalue weighted by Gasteiger charge is 2.22. The quantitative estimate of drug-likeness (QED) is 0.831. The van der Waals surface area contributed by atoms with Gasteiger partial charge in [-0.05, 0) is 17.7 Å². The van der Waals surface area contributed by atoms with Crippen molar-refractivity contribution in [3.8, 4) is 0 Å². The van der Waals surface area contributed by atoms with Gasteiger partial charge in [0.15, 0.2) is 0 Å². The van der Waals surface area contributed by atoms with Crippen LogP contribution in [0.1, 0.15) is 5.56 Å². The Labute approximate surface area is 132 Å². The number of aromatic nitrogens is 2. The second kappa shape index (κ2) is 6.69. The van der Waals surface area contributed by atoms with Gasteiger partial charge in [-0.25, -0.2) is 8.42 Å². The summed E-state index contributed by atoms with van der Waals surface area (Å²) in [5.74, 6) is 0. The van der Waals surface area contributed by atoms with E-state index in [9.17, 15) is 8.42 Å². The summed E-state index contributed by atoms with van der Waals surface area (Å²) in [6.45, 7) is 1.20. The number of hydrogen-bond donors (Lipinski definition) is 1. The average molecular weight is 373 g/mol. The first-order valence-electron chi connectivity index (χ1n) is 6.37. The normalized spacial score (nSPS) is 12.0. The minimum atomic E-state index is -3.55. The number of benzene rings is 1. The number of halogens is 1. The molecule has 1 heterocycles. The smallest absolute Gasteiger partial charge is 0.246 e. The molecule has 1 aromatic carbocycles. The van der Waals surface area contributed by atoms with Crippen LogP contribution in [0.25, 0.3) is 0 Å². The van der Waals surface area contributed by atoms with Crippen LogP contribution in [-0.4, -0.2) is 36.1 Å². The maximum Gasteiger partial charge on any atom is 0.246 e. The van der Waals surface area contributed by atoms with Crippen molar-refractivity contribution in [2.45, 2.75) is 18.0 Å². The first kappa shape index (κ1) is 16.2. The third-order valence-corrected chi connectivity index (χ3v) is 5.22. The average Bonchev–Trinajstić information content (AvgIpc) is 2.88. The van der Waals surface area contributed by atoms with E-state index >= 15 is 0 Å². The zero-order valence-corrected chi connectivity index (χ0v) is 14.0. The van der Waals surface area contributed by atoms with Crippen LogP contribution < -0.4 is 5.73 Å². The van der Waals surface area contributed by atoms with Crippen LogP contribution in [0, 0.1) is 0 Å². The summed E-state index contributed by atoms with van der Waals surface area (Å²) in [7, 11) is -2.00. The lowest BCUT2D eigenvalue weighted by Gasteiger charge is -2.16. The molecule has 0 bridgehead atoms. The maximum absolute atomic E-state index is 12.5. The SMILES string of the molecule is CN(Cc1cccc(Br)c1)S(=O)(=O)c1cnn(CCN)c1. The molecule has 21 heavy (non-hydrogen) atoms. The van der Waals surface area contributed by atoms with Gasteiger partial charge in [-0.1, -0.05) is 28.1 Å². The first-order chi connectivity index (χ1) is 9.93. The van der Waals surface area contributed by atoms with Gasteiger partial charge in [0.05, 0.1) is 12.7 Å². The molecule has 0 saturated heterocycles. The van der Waals surface area contributed by atoms with Crippen LogP contribution in [0.4, 0.5) is 0 Å². The van der Waals surface area contributed by atoms with Crippen LogP contribution >= 0.6 is 15.9 Å². The second-order valence-electron chi connectivity index (χ2n) is 4.62. The molecule has 1 aromatic heterocycles. The third-order valence-electron chi connectivity index (χ3n) is 2.97. The number of hydrogen-bond acceptors (Lipinski definition) is 4. The van der Waals surface area contributed by atoms with Crippen LogP contribution in [-0.2, 0) is 23.1 Å². The standard InChI is InChI=1S/C13H17BrN4O2S/c1-17(9-11-3-2-4-12(14)7-11)21(19,20)13-8-16-18(10-13)6-5-15/h2-4,7-8,10H,5-6,9,15H2,1H3. The van der Waals surface area contributed by atoms with Crippen molar-refractivity contribution in [2.24, 2.45) is 5.73 Å². The zero-order valence-electron chi connectivity index (χ0n) is 11.6. The number of rotatable bonds is 6. The topological polar surface area (TPSA) is 81.2 Å². The van der Waals surface area contributed by atoms with E-state index in [1.54, 1.807) is 7.05 Å². The highest BCUT2D eigenvalue weighted by Crippen LogP contribution is 2.18. The van der Waals surface area contributed by atoms with Gasteiger partial charge < -0.3 is 5.73 Å². The van der Waals surface area contributed by atoms with Gasteiger partial charge in [0.1, 0.15) is 4.90 Å². The Bertz CT molecular complexity index is 714. The molecule has 114 valence electrons. The third kappa shape index (κ3) is 3.91. The Kier molecular flexibility index (Phi) is 5.15. The predicted molar refractivity (Wildman–Crippen MR) is 84.1 cm³/mol. The fourth-order valence-electron chi connectivity index (χ4n) is 1.89. The molecule has 0 spiro atoms. The molecule has 8 heteroatoms. The van der Waals surface area contributed by atoms with E-state index in [-0.39, 0.29) is 4.90 Å². The summed E-state index contributed by atoms with van der Waals surface area (Å²) in [6.07, 6.45) is 2.85. The molecule has 0 radical (unpaired) electrons. The molecule has 0 saturated carbocycles. The predicted octanol–water partition coefficient (Wildman–Crippen LogP) is 1.43. The Morgan fingerprint density at radius 1 is 1.43 bits per heavy atom. The minimum absolute atomic E-state index is 0.174. The van der Waals surface area contributed by atoms with Gasteiger partial charge in [0.2, 0.25) is 10.0 Å². The lowest BCUT2D eigenvalue weighted by atomic mass is 10.2. The summed E-state index contributed by atoms with van der Waals surface area (Å²) >= 11 is 3.37. The lowest BCUT2D eigenvalue weighted by molar-refractivity contribution is 0.466. The Morgan fingerprint density at radius 3 is 2.86 bits per heavy atom. The molecule has 2 N–H and O–H groups in total. The summed E-state index contributed by atoms with van der Waals surface area (Å²) in [4.78, 5) is 0.174. The van der Waals surface area contributed by atoms with Crippen LogP contribution in [0.2, 0.25) is 0 Å². The number of sulfonamides is 1. The molecular weight excluding hydrogens is 356 g/mol. The molecule has 2 rings (SSSR count). The van der Waals surface area contributed by atoms with Crippen molar-refractivity contribution in [1.29, 1.82) is 0 Å². The highest BCUT2D eigenvalue weighted by atomic mass is 79.9. The lowest BCUT2D eigenvalue weighted by Crippen LogP contribution is -2.26. The van der Waals surface area contributed by atoms with E-state index in [2.05, 4.69) is 21.0 Å². The zero-order chi connectivity index (χ0) is 15.5. The summed E-state index contributed by atoms with van der Waals surface area (Å²) in [5, 5.41) is 4.00. The Morgan fingerprint density at radius 2 is 2.19 bits per heavy atom. The second-order valence-corrected chi connectivity index (χ2v) is 7.58. The van der Waals surface area contributed by atoms with Gasteiger partial charge >= 0.3 is 0 Å². The van der Waals surface area contributed by atoms with Crippen molar-refractivity contribution in [1.82, 2.24) is 14.1 Å². The van der Waals surface area contributed by atoms with Crippen molar-refractivity contribution >= 4 is 26.0 Å². The first-order valence-corrected chi connectivity index (χ1v) is 8.60. The van der Waals surface area contributed by atoms with E-state index in [1.807, 2.05) is 24.3 Å². The maximum atomic E-state index is 12.5. The fraction of sp³-hybridized carbons (Fsp3) is 0.308. The van der Waals surface area contributed by atoms with E-state index in [0.717, 1.165) is 10.0 Å². The molecule has 0 atom stereocenters. The largest absolute Gasteiger partial charge is 0.329 e. The van der Waals surface area contributed by atoms with Gasteiger partial charge in [0, 0.05) is 30.8 Å². The molecule has 0 aliphatic carbocycles. The monoisotopic (exact) mass is 372 g/mol. The highest BCUT2D eigenvalue weighted by molar-refractivity contribution is 9.10. The van der Waals surface area contributed by atoms with Crippen LogP contribution in [0.3, 0.4) is 0 Å². The van der Waals surface area contributed by atoms with Gasteiger partial charge in [-0.3, -0.25) is 4.68 Å². The van der Waals surface area contributed by atoms with Gasteiger partial charge in [-0.2, -0.15) is 9.40 Å². The fourth-order valence-corrected chi connectivity index (χ4v) is 3.45. The van der Waals surface area contributed by atoms with E-state index < -0.39 is 10.0 Å². The van der Waals surface area contributed by atoms with Crippen molar-refractivity contribution in [3.63, 3.8) is 0 Å².